The molecule has 0 unspecified atom stereocenters. The Morgan fingerprint density at radius 1 is 0.548 bits per heavy atom. The lowest BCUT2D eigenvalue weighted by atomic mass is 10.1. The van der Waals surface area contributed by atoms with Crippen LogP contribution in [0.25, 0.3) is 50.1 Å². The van der Waals surface area contributed by atoms with Gasteiger partial charge in [0.25, 0.3) is 0 Å². The first-order valence-electron chi connectivity index (χ1n) is 10.4. The molecule has 0 radical (unpaired) electrons. The van der Waals surface area contributed by atoms with Gasteiger partial charge in [-0.25, -0.2) is 9.97 Å². The number of hydrogen-bond acceptors (Lipinski definition) is 2. The first kappa shape index (κ1) is 17.6. The number of hydrogen-bond donors (Lipinski definition) is 0. The predicted molar refractivity (Wildman–Crippen MR) is 127 cm³/mol. The molecule has 3 heteroatoms. The molecule has 0 atom stereocenters. The van der Waals surface area contributed by atoms with Crippen molar-refractivity contribution < 1.29 is 0 Å². The van der Waals surface area contributed by atoms with Gasteiger partial charge in [0.2, 0.25) is 0 Å². The van der Waals surface area contributed by atoms with Crippen LogP contribution in [0.3, 0.4) is 0 Å². The average molecular weight is 397 g/mol. The molecule has 0 saturated carbocycles. The van der Waals surface area contributed by atoms with Crippen LogP contribution in [0, 0.1) is 0 Å². The molecular weight excluding hydrogens is 378 g/mol. The second-order valence-electron chi connectivity index (χ2n) is 7.59. The lowest BCUT2D eigenvalue weighted by Crippen LogP contribution is -1.97. The van der Waals surface area contributed by atoms with Crippen molar-refractivity contribution in [2.75, 3.05) is 0 Å². The zero-order chi connectivity index (χ0) is 20.6. The van der Waals surface area contributed by atoms with Crippen LogP contribution in [-0.4, -0.2) is 14.5 Å². The van der Waals surface area contributed by atoms with Crippen LogP contribution in [-0.2, 0) is 0 Å². The van der Waals surface area contributed by atoms with E-state index in [9.17, 15) is 0 Å². The van der Waals surface area contributed by atoms with Crippen LogP contribution in [0.4, 0.5) is 0 Å². The molecule has 6 rings (SSSR count). The molecule has 0 aliphatic carbocycles. The van der Waals surface area contributed by atoms with E-state index in [2.05, 4.69) is 107 Å². The Morgan fingerprint density at radius 2 is 1.26 bits per heavy atom. The quantitative estimate of drug-likeness (QED) is 0.325. The van der Waals surface area contributed by atoms with Crippen LogP contribution >= 0.6 is 0 Å². The zero-order valence-corrected chi connectivity index (χ0v) is 16.8. The summed E-state index contributed by atoms with van der Waals surface area (Å²) in [6.45, 7) is 0. The van der Waals surface area contributed by atoms with E-state index in [1.54, 1.807) is 6.20 Å². The Bertz CT molecular complexity index is 1510. The van der Waals surface area contributed by atoms with Crippen molar-refractivity contribution in [1.82, 2.24) is 14.5 Å². The standard InChI is InChI=1S/C28H19N3/c1-2-7-20(8-3-1)22-14-16-25(17-15-22)31-26-11-6-18-29-27(26)30-28(31)24-13-12-21-9-4-5-10-23(21)19-24/h1-19H. The minimum absolute atomic E-state index is 0.748. The molecular formula is C28H19N3. The summed E-state index contributed by atoms with van der Waals surface area (Å²) >= 11 is 0. The summed E-state index contributed by atoms with van der Waals surface area (Å²) in [5, 5.41) is 2.42. The van der Waals surface area contributed by atoms with Crippen LogP contribution in [0.1, 0.15) is 0 Å². The zero-order valence-electron chi connectivity index (χ0n) is 16.8. The van der Waals surface area contributed by atoms with Gasteiger partial charge in [-0.2, -0.15) is 0 Å². The van der Waals surface area contributed by atoms with Crippen LogP contribution < -0.4 is 0 Å². The summed E-state index contributed by atoms with van der Waals surface area (Å²) in [7, 11) is 0. The smallest absolute Gasteiger partial charge is 0.178 e. The van der Waals surface area contributed by atoms with Gasteiger partial charge in [0, 0.05) is 17.4 Å². The molecule has 0 spiro atoms. The monoisotopic (exact) mass is 397 g/mol. The maximum atomic E-state index is 4.90. The summed E-state index contributed by atoms with van der Waals surface area (Å²) in [5.41, 5.74) is 6.29. The fourth-order valence-corrected chi connectivity index (χ4v) is 4.13. The van der Waals surface area contributed by atoms with E-state index < -0.39 is 0 Å². The number of imidazole rings is 1. The number of rotatable bonds is 3. The van der Waals surface area contributed by atoms with E-state index in [0.717, 1.165) is 28.2 Å². The molecule has 146 valence electrons. The Labute approximate surface area is 180 Å². The van der Waals surface area contributed by atoms with Crippen molar-refractivity contribution in [3.8, 4) is 28.2 Å². The van der Waals surface area contributed by atoms with Gasteiger partial charge < -0.3 is 0 Å². The van der Waals surface area contributed by atoms with Gasteiger partial charge in [-0.1, -0.05) is 78.9 Å². The molecule has 0 fully saturated rings. The van der Waals surface area contributed by atoms with Crippen molar-refractivity contribution in [1.29, 1.82) is 0 Å². The molecule has 2 aromatic heterocycles. The molecule has 3 nitrogen and oxygen atoms in total. The third-order valence-corrected chi connectivity index (χ3v) is 5.67. The molecule has 0 N–H and O–H groups in total. The Hall–Kier alpha value is -4.24. The molecule has 0 bridgehead atoms. The molecule has 2 heterocycles. The lowest BCUT2D eigenvalue weighted by Gasteiger charge is -2.11. The number of benzene rings is 4. The van der Waals surface area contributed by atoms with Gasteiger partial charge in [-0.15, -0.1) is 0 Å². The summed E-state index contributed by atoms with van der Waals surface area (Å²) in [6.07, 6.45) is 1.79. The van der Waals surface area contributed by atoms with E-state index in [1.165, 1.54) is 21.9 Å². The normalized spacial score (nSPS) is 11.2. The van der Waals surface area contributed by atoms with Crippen LogP contribution in [0.15, 0.2) is 115 Å². The van der Waals surface area contributed by atoms with Gasteiger partial charge >= 0.3 is 0 Å². The molecule has 6 aromatic rings. The van der Waals surface area contributed by atoms with E-state index in [1.807, 2.05) is 12.1 Å². The highest BCUT2D eigenvalue weighted by molar-refractivity contribution is 5.88. The summed E-state index contributed by atoms with van der Waals surface area (Å²) in [5.74, 6) is 0.895. The number of nitrogens with zero attached hydrogens (tertiary/aromatic N) is 3. The first-order valence-corrected chi connectivity index (χ1v) is 10.4. The SMILES string of the molecule is c1ccc(-c2ccc(-n3c(-c4ccc5ccccc5c4)nc4ncccc43)cc2)cc1. The minimum atomic E-state index is 0.748. The van der Waals surface area contributed by atoms with E-state index in [-0.39, 0.29) is 0 Å². The summed E-state index contributed by atoms with van der Waals surface area (Å²) in [4.78, 5) is 9.41. The largest absolute Gasteiger partial charge is 0.291 e. The molecule has 0 saturated heterocycles. The second-order valence-corrected chi connectivity index (χ2v) is 7.59. The Morgan fingerprint density at radius 3 is 2.10 bits per heavy atom. The van der Waals surface area contributed by atoms with Crippen LogP contribution in [0.2, 0.25) is 0 Å². The highest BCUT2D eigenvalue weighted by Gasteiger charge is 2.15. The van der Waals surface area contributed by atoms with Crippen molar-refractivity contribution in [3.63, 3.8) is 0 Å². The van der Waals surface area contributed by atoms with Crippen molar-refractivity contribution in [2.24, 2.45) is 0 Å². The second kappa shape index (κ2) is 7.22. The molecule has 4 aromatic carbocycles. The lowest BCUT2D eigenvalue weighted by molar-refractivity contribution is 1.10. The summed E-state index contributed by atoms with van der Waals surface area (Å²) < 4.78 is 2.20. The highest BCUT2D eigenvalue weighted by Crippen LogP contribution is 2.31. The van der Waals surface area contributed by atoms with Gasteiger partial charge in [-0.05, 0) is 52.2 Å². The Kier molecular flexibility index (Phi) is 4.10. The van der Waals surface area contributed by atoms with E-state index in [4.69, 9.17) is 4.98 Å². The van der Waals surface area contributed by atoms with Gasteiger partial charge in [0.1, 0.15) is 5.82 Å². The third-order valence-electron chi connectivity index (χ3n) is 5.67. The van der Waals surface area contributed by atoms with E-state index in [0.29, 0.717) is 0 Å². The molecule has 0 aliphatic rings. The number of aromatic nitrogens is 3. The van der Waals surface area contributed by atoms with Gasteiger partial charge in [0.05, 0.1) is 5.52 Å². The van der Waals surface area contributed by atoms with Gasteiger partial charge in [0.15, 0.2) is 5.65 Å². The van der Waals surface area contributed by atoms with Gasteiger partial charge in [-0.3, -0.25) is 4.57 Å². The maximum absolute atomic E-state index is 4.90. The molecule has 0 amide bonds. The third kappa shape index (κ3) is 3.08. The molecule has 31 heavy (non-hydrogen) atoms. The minimum Gasteiger partial charge on any atom is -0.291 e. The predicted octanol–water partition coefficient (Wildman–Crippen LogP) is 6.91. The van der Waals surface area contributed by atoms with Crippen molar-refractivity contribution >= 4 is 21.9 Å². The maximum Gasteiger partial charge on any atom is 0.178 e. The fraction of sp³-hybridized carbons (Fsp3) is 0. The average Bonchev–Trinajstić information content (AvgIpc) is 3.24. The highest BCUT2D eigenvalue weighted by atomic mass is 15.1. The Balaban J connectivity index is 1.54. The molecule has 0 aliphatic heterocycles. The summed E-state index contributed by atoms with van der Waals surface area (Å²) in [6, 6.07) is 38.0. The first-order chi connectivity index (χ1) is 15.4. The van der Waals surface area contributed by atoms with Crippen molar-refractivity contribution in [3.05, 3.63) is 115 Å². The van der Waals surface area contributed by atoms with Crippen molar-refractivity contribution in [2.45, 2.75) is 0 Å². The van der Waals surface area contributed by atoms with Crippen LogP contribution in [0.5, 0.6) is 0 Å². The van der Waals surface area contributed by atoms with E-state index >= 15 is 0 Å². The number of fused-ring (bicyclic) bond motifs is 2. The number of pyridine rings is 1. The topological polar surface area (TPSA) is 30.7 Å². The fourth-order valence-electron chi connectivity index (χ4n) is 4.13.